The van der Waals surface area contributed by atoms with Gasteiger partial charge >= 0.3 is 0 Å². The molecule has 0 amide bonds. The molecule has 0 bridgehead atoms. The molecule has 18 heavy (non-hydrogen) atoms. The number of benzene rings is 1. The summed E-state index contributed by atoms with van der Waals surface area (Å²) in [6.45, 7) is 3.10. The Morgan fingerprint density at radius 2 is 2.17 bits per heavy atom. The highest BCUT2D eigenvalue weighted by molar-refractivity contribution is 5.84. The number of nitro benzene ring substituents is 1. The first kappa shape index (κ1) is 14.1. The third kappa shape index (κ3) is 2.64. The monoisotopic (exact) mass is 255 g/mol. The number of carbonyl (C=O) groups excluding carboxylic acids is 1. The van der Waals surface area contributed by atoms with Crippen LogP contribution in [0.3, 0.4) is 0 Å². The number of methoxy groups -OCH3 is 1. The van der Waals surface area contributed by atoms with Gasteiger partial charge in [0.05, 0.1) is 18.1 Å². The van der Waals surface area contributed by atoms with E-state index in [-0.39, 0.29) is 17.1 Å². The number of Topliss-reactive ketones (excluding diaryl/α,β-unsaturated/α-hetero) is 1. The van der Waals surface area contributed by atoms with Crippen LogP contribution in [0.1, 0.15) is 31.7 Å². The number of nitro groups is 1. The van der Waals surface area contributed by atoms with Gasteiger partial charge in [-0.3, -0.25) is 14.9 Å². The zero-order valence-electron chi connectivity index (χ0n) is 10.4. The summed E-state index contributed by atoms with van der Waals surface area (Å²) >= 11 is 0. The van der Waals surface area contributed by atoms with E-state index in [9.17, 15) is 19.3 Å². The second-order valence-corrected chi connectivity index (χ2v) is 3.87. The molecule has 1 aromatic rings. The molecule has 6 heteroatoms. The summed E-state index contributed by atoms with van der Waals surface area (Å²) in [6, 6.07) is 2.02. The van der Waals surface area contributed by atoms with E-state index in [1.54, 1.807) is 6.92 Å². The summed E-state index contributed by atoms with van der Waals surface area (Å²) in [5, 5.41) is 10.9. The third-order valence-corrected chi connectivity index (χ3v) is 2.77. The topological polar surface area (TPSA) is 69.4 Å². The van der Waals surface area contributed by atoms with Gasteiger partial charge in [-0.15, -0.1) is 0 Å². The van der Waals surface area contributed by atoms with E-state index in [0.717, 1.165) is 6.07 Å². The zero-order valence-corrected chi connectivity index (χ0v) is 10.4. The van der Waals surface area contributed by atoms with Gasteiger partial charge in [-0.2, -0.15) is 0 Å². The molecule has 1 aromatic carbocycles. The molecule has 0 N–H and O–H groups in total. The Bertz CT molecular complexity index is 487. The third-order valence-electron chi connectivity index (χ3n) is 2.77. The van der Waals surface area contributed by atoms with Crippen LogP contribution >= 0.6 is 0 Å². The van der Waals surface area contributed by atoms with Crippen molar-refractivity contribution in [3.63, 3.8) is 0 Å². The largest absolute Gasteiger partial charge is 0.494 e. The van der Waals surface area contributed by atoms with Gasteiger partial charge in [0, 0.05) is 11.5 Å². The van der Waals surface area contributed by atoms with Crippen LogP contribution in [0.25, 0.3) is 0 Å². The Morgan fingerprint density at radius 3 is 2.56 bits per heavy atom. The Labute approximate surface area is 104 Å². The van der Waals surface area contributed by atoms with Gasteiger partial charge in [0.25, 0.3) is 5.69 Å². The van der Waals surface area contributed by atoms with E-state index < -0.39 is 22.3 Å². The Kier molecular flexibility index (Phi) is 4.36. The molecule has 1 unspecified atom stereocenters. The fourth-order valence-corrected chi connectivity index (χ4v) is 1.88. The summed E-state index contributed by atoms with van der Waals surface area (Å²) in [5.41, 5.74) is -0.205. The highest BCUT2D eigenvalue weighted by atomic mass is 19.1. The summed E-state index contributed by atoms with van der Waals surface area (Å²) in [6.07, 6.45) is 0.408. The number of hydrogen-bond donors (Lipinski definition) is 0. The first-order valence-electron chi connectivity index (χ1n) is 5.44. The lowest BCUT2D eigenvalue weighted by molar-refractivity contribution is -0.385. The maximum absolute atomic E-state index is 13.4. The molecule has 0 heterocycles. The van der Waals surface area contributed by atoms with Crippen LogP contribution in [-0.2, 0) is 4.79 Å². The summed E-state index contributed by atoms with van der Waals surface area (Å²) in [5.74, 6) is -1.74. The summed E-state index contributed by atoms with van der Waals surface area (Å²) < 4.78 is 18.2. The minimum atomic E-state index is -0.814. The molecule has 1 rings (SSSR count). The van der Waals surface area contributed by atoms with Gasteiger partial charge in [-0.1, -0.05) is 6.92 Å². The molecular formula is C12H14FNO4. The van der Waals surface area contributed by atoms with Crippen molar-refractivity contribution in [3.8, 4) is 5.75 Å². The molecule has 0 aliphatic carbocycles. The van der Waals surface area contributed by atoms with Gasteiger partial charge in [0.2, 0.25) is 0 Å². The lowest BCUT2D eigenvalue weighted by Gasteiger charge is -2.13. The van der Waals surface area contributed by atoms with Crippen LogP contribution in [0, 0.1) is 15.9 Å². The van der Waals surface area contributed by atoms with Crippen LogP contribution in [0.15, 0.2) is 12.1 Å². The number of hydrogen-bond acceptors (Lipinski definition) is 4. The van der Waals surface area contributed by atoms with Crippen LogP contribution in [-0.4, -0.2) is 17.8 Å². The van der Waals surface area contributed by atoms with Gasteiger partial charge < -0.3 is 4.74 Å². The fourth-order valence-electron chi connectivity index (χ4n) is 1.88. The number of rotatable bonds is 5. The number of ether oxygens (including phenoxy) is 1. The summed E-state index contributed by atoms with van der Waals surface area (Å²) in [7, 11) is 1.27. The average molecular weight is 255 g/mol. The molecule has 0 saturated heterocycles. The van der Waals surface area contributed by atoms with E-state index in [1.165, 1.54) is 20.1 Å². The molecular weight excluding hydrogens is 241 g/mol. The lowest BCUT2D eigenvalue weighted by atomic mass is 9.91. The molecule has 0 aliphatic rings. The van der Waals surface area contributed by atoms with Crippen LogP contribution in [0.5, 0.6) is 5.75 Å². The van der Waals surface area contributed by atoms with Gasteiger partial charge in [-0.25, -0.2) is 4.39 Å². The molecule has 0 fully saturated rings. The molecule has 0 aliphatic heterocycles. The van der Waals surface area contributed by atoms with Gasteiger partial charge in [-0.05, 0) is 19.4 Å². The van der Waals surface area contributed by atoms with Crippen molar-refractivity contribution in [2.75, 3.05) is 7.11 Å². The molecule has 0 radical (unpaired) electrons. The number of halogens is 1. The van der Waals surface area contributed by atoms with Crippen molar-refractivity contribution < 1.29 is 18.8 Å². The maximum atomic E-state index is 13.4. The Hall–Kier alpha value is -1.98. The first-order valence-corrected chi connectivity index (χ1v) is 5.44. The average Bonchev–Trinajstić information content (AvgIpc) is 2.30. The quantitative estimate of drug-likeness (QED) is 0.599. The van der Waals surface area contributed by atoms with E-state index in [4.69, 9.17) is 4.74 Å². The predicted octanol–water partition coefficient (Wildman–Crippen LogP) is 2.83. The second-order valence-electron chi connectivity index (χ2n) is 3.87. The smallest absolute Gasteiger partial charge is 0.276 e. The van der Waals surface area contributed by atoms with E-state index in [1.807, 2.05) is 0 Å². The van der Waals surface area contributed by atoms with Crippen LogP contribution < -0.4 is 4.74 Å². The Balaban J connectivity index is 3.47. The van der Waals surface area contributed by atoms with Crippen molar-refractivity contribution in [1.29, 1.82) is 0 Å². The zero-order chi connectivity index (χ0) is 13.9. The SMILES string of the molecule is CCC(C(C)=O)c1cc(OC)c(F)cc1[N+](=O)[O-]. The highest BCUT2D eigenvalue weighted by Gasteiger charge is 2.27. The van der Waals surface area contributed by atoms with Gasteiger partial charge in [0.15, 0.2) is 11.6 Å². The van der Waals surface area contributed by atoms with Crippen molar-refractivity contribution in [1.82, 2.24) is 0 Å². The summed E-state index contributed by atoms with van der Waals surface area (Å²) in [4.78, 5) is 21.7. The normalized spacial score (nSPS) is 12.0. The lowest BCUT2D eigenvalue weighted by Crippen LogP contribution is -2.11. The molecule has 0 saturated carbocycles. The van der Waals surface area contributed by atoms with E-state index >= 15 is 0 Å². The Morgan fingerprint density at radius 1 is 1.56 bits per heavy atom. The predicted molar refractivity (Wildman–Crippen MR) is 63.3 cm³/mol. The number of nitrogens with zero attached hydrogens (tertiary/aromatic N) is 1. The fraction of sp³-hybridized carbons (Fsp3) is 0.417. The molecule has 98 valence electrons. The minimum absolute atomic E-state index is 0.102. The number of carbonyl (C=O) groups is 1. The molecule has 5 nitrogen and oxygen atoms in total. The molecule has 0 aromatic heterocycles. The minimum Gasteiger partial charge on any atom is -0.494 e. The number of ketones is 1. The van der Waals surface area contributed by atoms with Crippen LogP contribution in [0.4, 0.5) is 10.1 Å². The first-order chi connectivity index (χ1) is 8.42. The van der Waals surface area contributed by atoms with Crippen molar-refractivity contribution in [2.24, 2.45) is 0 Å². The second kappa shape index (κ2) is 5.57. The maximum Gasteiger partial charge on any atom is 0.276 e. The standard InChI is InChI=1S/C12H14FNO4/c1-4-8(7(2)15)9-5-12(18-3)10(13)6-11(9)14(16)17/h5-6,8H,4H2,1-3H3. The van der Waals surface area contributed by atoms with E-state index in [2.05, 4.69) is 0 Å². The van der Waals surface area contributed by atoms with E-state index in [0.29, 0.717) is 6.42 Å². The van der Waals surface area contributed by atoms with Crippen molar-refractivity contribution in [3.05, 3.63) is 33.6 Å². The highest BCUT2D eigenvalue weighted by Crippen LogP contribution is 2.34. The molecule has 0 spiro atoms. The molecule has 1 atom stereocenters. The van der Waals surface area contributed by atoms with Crippen molar-refractivity contribution >= 4 is 11.5 Å². The van der Waals surface area contributed by atoms with Crippen LogP contribution in [0.2, 0.25) is 0 Å². The van der Waals surface area contributed by atoms with Gasteiger partial charge in [0.1, 0.15) is 5.78 Å². The van der Waals surface area contributed by atoms with Crippen molar-refractivity contribution in [2.45, 2.75) is 26.2 Å².